The lowest BCUT2D eigenvalue weighted by Crippen LogP contribution is -2.45. The molecule has 2 fully saturated rings. The summed E-state index contributed by atoms with van der Waals surface area (Å²) >= 11 is 6.03. The van der Waals surface area contributed by atoms with Crippen molar-refractivity contribution in [1.29, 1.82) is 0 Å². The molecule has 1 saturated carbocycles. The smallest absolute Gasteiger partial charge is 0.244 e. The largest absolute Gasteiger partial charge is 0.342 e. The molecule has 1 aliphatic heterocycles. The number of hydrogen-bond donors (Lipinski definition) is 2. The molecule has 2 aliphatic rings. The monoisotopic (exact) mass is 438 g/mol. The van der Waals surface area contributed by atoms with Gasteiger partial charge in [0.1, 0.15) is 5.54 Å². The molecule has 2 aromatic rings. The molecular weight excluding hydrogens is 412 g/mol. The van der Waals surface area contributed by atoms with Gasteiger partial charge in [-0.2, -0.15) is 0 Å². The Labute approximate surface area is 187 Å². The third-order valence-electron chi connectivity index (χ3n) is 6.43. The van der Waals surface area contributed by atoms with E-state index in [-0.39, 0.29) is 6.42 Å². The van der Waals surface area contributed by atoms with Gasteiger partial charge in [0.25, 0.3) is 0 Å². The summed E-state index contributed by atoms with van der Waals surface area (Å²) in [6, 6.07) is 14.9. The van der Waals surface area contributed by atoms with Crippen molar-refractivity contribution in [2.24, 2.45) is 5.92 Å². The molecule has 2 amide bonds. The average Bonchev–Trinajstić information content (AvgIpc) is 2.97. The highest BCUT2D eigenvalue weighted by Gasteiger charge is 2.52. The molecule has 0 aromatic heterocycles. The van der Waals surface area contributed by atoms with Crippen molar-refractivity contribution < 1.29 is 14.4 Å². The van der Waals surface area contributed by atoms with Crippen molar-refractivity contribution in [1.82, 2.24) is 5.32 Å². The number of benzene rings is 2. The highest BCUT2D eigenvalue weighted by Crippen LogP contribution is 2.33. The zero-order valence-electron chi connectivity index (χ0n) is 17.6. The summed E-state index contributed by atoms with van der Waals surface area (Å²) in [4.78, 5) is 38.4. The zero-order valence-corrected chi connectivity index (χ0v) is 18.4. The maximum Gasteiger partial charge on any atom is 0.244 e. The number of rotatable bonds is 5. The molecule has 2 unspecified atom stereocenters. The van der Waals surface area contributed by atoms with Crippen LogP contribution in [-0.4, -0.2) is 23.1 Å². The fourth-order valence-corrected chi connectivity index (χ4v) is 4.97. The van der Waals surface area contributed by atoms with E-state index in [2.05, 4.69) is 10.6 Å². The molecule has 5 nitrogen and oxygen atoms in total. The highest BCUT2D eigenvalue weighted by molar-refractivity contribution is 6.30. The molecular formula is C25H27ClN2O3. The Bertz CT molecular complexity index is 998. The predicted octanol–water partition coefficient (Wildman–Crippen LogP) is 4.64. The number of ketones is 1. The number of halogens is 1. The van der Waals surface area contributed by atoms with Crippen LogP contribution in [-0.2, 0) is 20.8 Å². The topological polar surface area (TPSA) is 75.3 Å². The lowest BCUT2D eigenvalue weighted by Gasteiger charge is -2.22. The van der Waals surface area contributed by atoms with Crippen LogP contribution in [0.5, 0.6) is 0 Å². The number of hydrogen-bond acceptors (Lipinski definition) is 3. The summed E-state index contributed by atoms with van der Waals surface area (Å²) < 4.78 is 0. The van der Waals surface area contributed by atoms with Gasteiger partial charge in [-0.15, -0.1) is 0 Å². The highest BCUT2D eigenvalue weighted by atomic mass is 35.5. The van der Waals surface area contributed by atoms with Crippen LogP contribution >= 0.6 is 11.6 Å². The van der Waals surface area contributed by atoms with Gasteiger partial charge < -0.3 is 10.6 Å². The SMILES string of the molecule is CC1(Cc2cccc(Cl)c2)NC(=O)C(C(=O)Nc2ccc(C3CCCCC3)cc2)C1=O. The summed E-state index contributed by atoms with van der Waals surface area (Å²) in [7, 11) is 0. The van der Waals surface area contributed by atoms with Crippen molar-refractivity contribution in [3.05, 3.63) is 64.7 Å². The van der Waals surface area contributed by atoms with E-state index in [0.717, 1.165) is 5.56 Å². The van der Waals surface area contributed by atoms with E-state index in [1.807, 2.05) is 30.3 Å². The van der Waals surface area contributed by atoms with Crippen LogP contribution in [0, 0.1) is 5.92 Å². The van der Waals surface area contributed by atoms with Crippen LogP contribution in [0.3, 0.4) is 0 Å². The Kier molecular flexibility index (Phi) is 6.15. The summed E-state index contributed by atoms with van der Waals surface area (Å²) in [6.45, 7) is 1.65. The predicted molar refractivity (Wildman–Crippen MR) is 121 cm³/mol. The fourth-order valence-electron chi connectivity index (χ4n) is 4.76. The van der Waals surface area contributed by atoms with Crippen LogP contribution < -0.4 is 10.6 Å². The average molecular weight is 439 g/mol. The first-order valence-corrected chi connectivity index (χ1v) is 11.3. The third kappa shape index (κ3) is 4.67. The van der Waals surface area contributed by atoms with E-state index in [1.54, 1.807) is 25.1 Å². The lowest BCUT2D eigenvalue weighted by atomic mass is 9.84. The lowest BCUT2D eigenvalue weighted by molar-refractivity contribution is -0.135. The minimum absolute atomic E-state index is 0.276. The van der Waals surface area contributed by atoms with Gasteiger partial charge >= 0.3 is 0 Å². The molecule has 1 aliphatic carbocycles. The van der Waals surface area contributed by atoms with Crippen LogP contribution in [0.25, 0.3) is 0 Å². The van der Waals surface area contributed by atoms with Crippen molar-refractivity contribution in [2.45, 2.75) is 56.9 Å². The van der Waals surface area contributed by atoms with E-state index in [1.165, 1.54) is 37.7 Å². The Morgan fingerprint density at radius 2 is 1.81 bits per heavy atom. The number of amides is 2. The van der Waals surface area contributed by atoms with Crippen LogP contribution in [0.15, 0.2) is 48.5 Å². The maximum atomic E-state index is 13.0. The zero-order chi connectivity index (χ0) is 22.0. The maximum absolute atomic E-state index is 13.0. The second kappa shape index (κ2) is 8.83. The van der Waals surface area contributed by atoms with Gasteiger partial charge in [-0.05, 0) is 61.1 Å². The van der Waals surface area contributed by atoms with Crippen LogP contribution in [0.4, 0.5) is 5.69 Å². The van der Waals surface area contributed by atoms with E-state index in [9.17, 15) is 14.4 Å². The summed E-state index contributed by atoms with van der Waals surface area (Å²) in [5.41, 5.74) is 1.55. The molecule has 1 heterocycles. The minimum Gasteiger partial charge on any atom is -0.342 e. The van der Waals surface area contributed by atoms with Gasteiger partial charge in [-0.25, -0.2) is 0 Å². The fraction of sp³-hybridized carbons (Fsp3) is 0.400. The molecule has 2 atom stereocenters. The summed E-state index contributed by atoms with van der Waals surface area (Å²) in [5.74, 6) is -2.36. The summed E-state index contributed by atoms with van der Waals surface area (Å²) in [5, 5.41) is 6.03. The van der Waals surface area contributed by atoms with E-state index >= 15 is 0 Å². The van der Waals surface area contributed by atoms with Crippen molar-refractivity contribution in [3.8, 4) is 0 Å². The van der Waals surface area contributed by atoms with Crippen LogP contribution in [0.1, 0.15) is 56.1 Å². The van der Waals surface area contributed by atoms with Gasteiger partial charge in [0.15, 0.2) is 11.7 Å². The second-order valence-corrected chi connectivity index (χ2v) is 9.31. The van der Waals surface area contributed by atoms with Gasteiger partial charge in [-0.1, -0.05) is 55.1 Å². The van der Waals surface area contributed by atoms with E-state index in [0.29, 0.717) is 16.6 Å². The number of anilines is 1. The van der Waals surface area contributed by atoms with Gasteiger partial charge in [-0.3, -0.25) is 14.4 Å². The van der Waals surface area contributed by atoms with Crippen LogP contribution in [0.2, 0.25) is 5.02 Å². The van der Waals surface area contributed by atoms with Crippen molar-refractivity contribution in [3.63, 3.8) is 0 Å². The quantitative estimate of drug-likeness (QED) is 0.667. The molecule has 0 bridgehead atoms. The number of nitrogens with one attached hydrogen (secondary N) is 2. The first-order valence-electron chi connectivity index (χ1n) is 10.9. The van der Waals surface area contributed by atoms with Gasteiger partial charge in [0.2, 0.25) is 11.8 Å². The second-order valence-electron chi connectivity index (χ2n) is 8.87. The third-order valence-corrected chi connectivity index (χ3v) is 6.67. The molecule has 0 spiro atoms. The number of Topliss-reactive ketones (excluding diaryl/α,β-unsaturated/α-hetero) is 1. The molecule has 162 valence electrons. The molecule has 6 heteroatoms. The molecule has 2 N–H and O–H groups in total. The number of carbonyl (C=O) groups is 3. The molecule has 4 rings (SSSR count). The molecule has 31 heavy (non-hydrogen) atoms. The first kappa shape index (κ1) is 21.6. The Morgan fingerprint density at radius 1 is 1.10 bits per heavy atom. The Morgan fingerprint density at radius 3 is 2.48 bits per heavy atom. The van der Waals surface area contributed by atoms with Crippen molar-refractivity contribution in [2.75, 3.05) is 5.32 Å². The summed E-state index contributed by atoms with van der Waals surface area (Å²) in [6.07, 6.45) is 6.50. The van der Waals surface area contributed by atoms with Crippen molar-refractivity contribution >= 4 is 34.9 Å². The van der Waals surface area contributed by atoms with E-state index in [4.69, 9.17) is 11.6 Å². The number of carbonyl (C=O) groups excluding carboxylic acids is 3. The molecule has 2 aromatic carbocycles. The van der Waals surface area contributed by atoms with Gasteiger partial charge in [0.05, 0.1) is 0 Å². The molecule has 1 saturated heterocycles. The Balaban J connectivity index is 1.43. The molecule has 0 radical (unpaired) electrons. The first-order chi connectivity index (χ1) is 14.9. The standard InChI is InChI=1S/C25H27ClN2O3/c1-25(15-16-6-5-9-19(26)14-16)22(29)21(24(31)28-25)23(30)27-20-12-10-18(11-13-20)17-7-3-2-4-8-17/h5-6,9-14,17,21H,2-4,7-8,15H2,1H3,(H,27,30)(H,28,31). The van der Waals surface area contributed by atoms with Gasteiger partial charge in [0, 0.05) is 17.1 Å². The Hall–Kier alpha value is -2.66. The van der Waals surface area contributed by atoms with E-state index < -0.39 is 29.1 Å². The normalized spacial score (nSPS) is 24.1. The minimum atomic E-state index is -1.36.